The van der Waals surface area contributed by atoms with Gasteiger partial charge in [0.25, 0.3) is 5.91 Å². The van der Waals surface area contributed by atoms with Crippen LogP contribution in [0.5, 0.6) is 0 Å². The number of piperidine rings is 1. The SMILES string of the molecule is C=CC(=O)N1CCN(c2cc(C(=O)NC[C@H]3CCCCN3)nc3c2CCN(c2cccc4cccc(C)c24)C3)C[C@@H]1CC#N. The summed E-state index contributed by atoms with van der Waals surface area (Å²) in [7, 11) is 0. The van der Waals surface area contributed by atoms with Gasteiger partial charge in [-0.2, -0.15) is 5.26 Å². The molecule has 3 aliphatic rings. The van der Waals surface area contributed by atoms with Crippen LogP contribution in [0.1, 0.15) is 53.0 Å². The van der Waals surface area contributed by atoms with E-state index in [0.717, 1.165) is 42.9 Å². The molecule has 44 heavy (non-hydrogen) atoms. The number of anilines is 2. The molecule has 6 rings (SSSR count). The first kappa shape index (κ1) is 29.6. The molecule has 4 heterocycles. The molecule has 2 saturated heterocycles. The highest BCUT2D eigenvalue weighted by Gasteiger charge is 2.33. The highest BCUT2D eigenvalue weighted by molar-refractivity contribution is 5.97. The van der Waals surface area contributed by atoms with Gasteiger partial charge in [0.1, 0.15) is 5.69 Å². The number of piperazine rings is 1. The van der Waals surface area contributed by atoms with Crippen molar-refractivity contribution in [2.75, 3.05) is 49.1 Å². The number of pyridine rings is 1. The van der Waals surface area contributed by atoms with Gasteiger partial charge in [0, 0.05) is 61.1 Å². The Balaban J connectivity index is 1.34. The Morgan fingerprint density at radius 3 is 2.75 bits per heavy atom. The summed E-state index contributed by atoms with van der Waals surface area (Å²) >= 11 is 0. The van der Waals surface area contributed by atoms with Crippen LogP contribution in [0.4, 0.5) is 11.4 Å². The molecule has 2 atom stereocenters. The second kappa shape index (κ2) is 13.1. The first-order valence-electron chi connectivity index (χ1n) is 15.8. The van der Waals surface area contributed by atoms with Gasteiger partial charge >= 0.3 is 0 Å². The van der Waals surface area contributed by atoms with Crippen molar-refractivity contribution in [2.24, 2.45) is 0 Å². The first-order chi connectivity index (χ1) is 21.5. The van der Waals surface area contributed by atoms with Crippen molar-refractivity contribution in [3.63, 3.8) is 0 Å². The maximum atomic E-state index is 13.6. The van der Waals surface area contributed by atoms with E-state index in [1.807, 2.05) is 6.07 Å². The van der Waals surface area contributed by atoms with Crippen LogP contribution in [-0.2, 0) is 17.8 Å². The Labute approximate surface area is 259 Å². The molecule has 0 bridgehead atoms. The zero-order chi connectivity index (χ0) is 30.6. The van der Waals surface area contributed by atoms with E-state index in [2.05, 4.69) is 76.4 Å². The minimum Gasteiger partial charge on any atom is -0.367 e. The van der Waals surface area contributed by atoms with Crippen LogP contribution in [0.2, 0.25) is 0 Å². The summed E-state index contributed by atoms with van der Waals surface area (Å²) in [5.41, 5.74) is 5.85. The number of aromatic nitrogens is 1. The first-order valence-corrected chi connectivity index (χ1v) is 15.8. The highest BCUT2D eigenvalue weighted by atomic mass is 16.2. The second-order valence-electron chi connectivity index (χ2n) is 12.1. The van der Waals surface area contributed by atoms with Crippen molar-refractivity contribution in [3.8, 4) is 6.07 Å². The molecule has 2 N–H and O–H groups in total. The summed E-state index contributed by atoms with van der Waals surface area (Å²) in [6, 6.07) is 17.0. The molecule has 0 aliphatic carbocycles. The van der Waals surface area contributed by atoms with Crippen LogP contribution >= 0.6 is 0 Å². The van der Waals surface area contributed by atoms with Crippen LogP contribution < -0.4 is 20.4 Å². The number of carbonyl (C=O) groups excluding carboxylic acids is 2. The summed E-state index contributed by atoms with van der Waals surface area (Å²) in [6.45, 7) is 10.4. The van der Waals surface area contributed by atoms with Crippen molar-refractivity contribution in [2.45, 2.75) is 57.7 Å². The number of fused-ring (bicyclic) bond motifs is 2. The Hall–Kier alpha value is -4.42. The number of rotatable bonds is 7. The summed E-state index contributed by atoms with van der Waals surface area (Å²) < 4.78 is 0. The average molecular weight is 592 g/mol. The van der Waals surface area contributed by atoms with Gasteiger partial charge in [0.05, 0.1) is 30.8 Å². The molecule has 0 unspecified atom stereocenters. The Bertz CT molecular complexity index is 1600. The third kappa shape index (κ3) is 6.00. The van der Waals surface area contributed by atoms with Crippen LogP contribution in [0.3, 0.4) is 0 Å². The summed E-state index contributed by atoms with van der Waals surface area (Å²) in [6.07, 6.45) is 5.73. The van der Waals surface area contributed by atoms with Crippen LogP contribution in [0, 0.1) is 18.3 Å². The molecule has 9 heteroatoms. The smallest absolute Gasteiger partial charge is 0.270 e. The zero-order valence-corrected chi connectivity index (χ0v) is 25.5. The summed E-state index contributed by atoms with van der Waals surface area (Å²) in [5.74, 6) is -0.326. The van der Waals surface area contributed by atoms with Gasteiger partial charge in [-0.05, 0) is 61.9 Å². The molecule has 0 spiro atoms. The number of carbonyl (C=O) groups is 2. The molecule has 9 nitrogen and oxygen atoms in total. The van der Waals surface area contributed by atoms with Gasteiger partial charge in [-0.15, -0.1) is 0 Å². The van der Waals surface area contributed by atoms with Crippen LogP contribution in [-0.4, -0.2) is 73.1 Å². The van der Waals surface area contributed by atoms with Crippen molar-refractivity contribution in [1.82, 2.24) is 20.5 Å². The number of hydrogen-bond donors (Lipinski definition) is 2. The largest absolute Gasteiger partial charge is 0.367 e. The van der Waals surface area contributed by atoms with E-state index in [9.17, 15) is 14.9 Å². The molecule has 3 aliphatic heterocycles. The molecule has 2 fully saturated rings. The molecular formula is C35H41N7O2. The number of nitrogens with zero attached hydrogens (tertiary/aromatic N) is 5. The fourth-order valence-electron chi connectivity index (χ4n) is 7.06. The van der Waals surface area contributed by atoms with Crippen molar-refractivity contribution >= 4 is 34.0 Å². The van der Waals surface area contributed by atoms with E-state index in [0.29, 0.717) is 38.4 Å². The fraction of sp³-hybridized carbons (Fsp3) is 0.429. The van der Waals surface area contributed by atoms with Crippen molar-refractivity contribution in [3.05, 3.63) is 77.6 Å². The lowest BCUT2D eigenvalue weighted by molar-refractivity contribution is -0.128. The van der Waals surface area contributed by atoms with Gasteiger partial charge in [-0.3, -0.25) is 9.59 Å². The lowest BCUT2D eigenvalue weighted by Gasteiger charge is -2.43. The molecule has 2 aromatic carbocycles. The quantitative estimate of drug-likeness (QED) is 0.399. The van der Waals surface area contributed by atoms with E-state index < -0.39 is 0 Å². The van der Waals surface area contributed by atoms with Crippen LogP contribution in [0.15, 0.2) is 55.1 Å². The van der Waals surface area contributed by atoms with E-state index in [1.165, 1.54) is 40.9 Å². The Morgan fingerprint density at radius 1 is 1.14 bits per heavy atom. The summed E-state index contributed by atoms with van der Waals surface area (Å²) in [4.78, 5) is 37.5. The third-order valence-corrected chi connectivity index (χ3v) is 9.35. The van der Waals surface area contributed by atoms with E-state index in [4.69, 9.17) is 4.98 Å². The van der Waals surface area contributed by atoms with Gasteiger partial charge in [-0.1, -0.05) is 43.3 Å². The van der Waals surface area contributed by atoms with Crippen LogP contribution in [0.25, 0.3) is 10.8 Å². The Morgan fingerprint density at radius 2 is 1.98 bits per heavy atom. The second-order valence-corrected chi connectivity index (χ2v) is 12.1. The molecule has 228 valence electrons. The number of nitrogens with one attached hydrogen (secondary N) is 2. The van der Waals surface area contributed by atoms with E-state index >= 15 is 0 Å². The number of benzene rings is 2. The van der Waals surface area contributed by atoms with Gasteiger partial charge in [-0.25, -0.2) is 4.98 Å². The molecule has 0 radical (unpaired) electrons. The van der Waals surface area contributed by atoms with E-state index in [-0.39, 0.29) is 30.3 Å². The Kier molecular flexibility index (Phi) is 8.80. The third-order valence-electron chi connectivity index (χ3n) is 9.35. The maximum Gasteiger partial charge on any atom is 0.270 e. The molecule has 0 saturated carbocycles. The predicted octanol–water partition coefficient (Wildman–Crippen LogP) is 4.09. The standard InChI is InChI=1S/C35H41N7O2/c1-3-33(43)42-19-18-41(22-27(42)13-15-36)32-20-29(35(44)38-21-26-11-4-5-16-37-26)39-30-23-40(17-14-28(30)32)31-12-7-10-25-9-6-8-24(2)34(25)31/h3,6-10,12,20,26-27,37H,1,4-5,11,13-14,16-19,21-23H2,2H3,(H,38,44)/t26-,27+/m1/s1. The fourth-order valence-corrected chi connectivity index (χ4v) is 7.06. The number of aryl methyl sites for hydroxylation is 1. The lowest BCUT2D eigenvalue weighted by Crippen LogP contribution is -2.55. The monoisotopic (exact) mass is 591 g/mol. The minimum atomic E-state index is -0.253. The molecule has 3 aromatic rings. The maximum absolute atomic E-state index is 13.6. The van der Waals surface area contributed by atoms with E-state index in [1.54, 1.807) is 4.90 Å². The molecular weight excluding hydrogens is 550 g/mol. The number of hydrogen-bond acceptors (Lipinski definition) is 7. The zero-order valence-electron chi connectivity index (χ0n) is 25.5. The van der Waals surface area contributed by atoms with Gasteiger partial charge in [0.2, 0.25) is 5.91 Å². The van der Waals surface area contributed by atoms with Crippen molar-refractivity contribution in [1.29, 1.82) is 5.26 Å². The molecule has 1 aromatic heterocycles. The number of nitriles is 1. The minimum absolute atomic E-state index is 0.154. The van der Waals surface area contributed by atoms with Crippen molar-refractivity contribution < 1.29 is 9.59 Å². The average Bonchev–Trinajstić information content (AvgIpc) is 3.06. The topological polar surface area (TPSA) is 105 Å². The van der Waals surface area contributed by atoms with Gasteiger partial charge in [0.15, 0.2) is 0 Å². The summed E-state index contributed by atoms with van der Waals surface area (Å²) in [5, 5.41) is 18.6. The lowest BCUT2D eigenvalue weighted by atomic mass is 9.97. The van der Waals surface area contributed by atoms with Gasteiger partial charge < -0.3 is 25.3 Å². The predicted molar refractivity (Wildman–Crippen MR) is 174 cm³/mol. The normalized spacial score (nSPS) is 20.1. The highest BCUT2D eigenvalue weighted by Crippen LogP contribution is 2.36. The molecule has 2 amide bonds. The number of amides is 2.